The fourth-order valence-electron chi connectivity index (χ4n) is 12.8. The highest BCUT2D eigenvalue weighted by Gasteiger charge is 2.71. The number of nitrogens with zero attached hydrogens (tertiary/aromatic N) is 2. The highest BCUT2D eigenvalue weighted by Crippen LogP contribution is 2.64. The average Bonchev–Trinajstić information content (AvgIpc) is 3.59. The van der Waals surface area contributed by atoms with E-state index in [4.69, 9.17) is 18.9 Å². The number of morpholine rings is 2. The van der Waals surface area contributed by atoms with Gasteiger partial charge in [0.2, 0.25) is 0 Å². The van der Waals surface area contributed by atoms with E-state index in [9.17, 15) is 0 Å². The molecule has 7 fully saturated rings. The van der Waals surface area contributed by atoms with Gasteiger partial charge in [0.25, 0.3) is 0 Å². The van der Waals surface area contributed by atoms with Crippen molar-refractivity contribution in [2.24, 2.45) is 11.8 Å². The molecule has 6 heterocycles. The van der Waals surface area contributed by atoms with Gasteiger partial charge in [-0.15, -0.1) is 0 Å². The van der Waals surface area contributed by atoms with Crippen LogP contribution in [0.3, 0.4) is 0 Å². The van der Waals surface area contributed by atoms with Crippen molar-refractivity contribution in [1.82, 2.24) is 9.80 Å². The molecular formula is C34H47BN2O4. The lowest BCUT2D eigenvalue weighted by atomic mass is 9.30. The molecule has 0 spiro atoms. The van der Waals surface area contributed by atoms with Crippen molar-refractivity contribution in [1.29, 1.82) is 0 Å². The highest BCUT2D eigenvalue weighted by atomic mass is 16.5. The Hall–Kier alpha value is -1.34. The molecule has 220 valence electrons. The van der Waals surface area contributed by atoms with Crippen LogP contribution in [0.5, 0.6) is 0 Å². The van der Waals surface area contributed by atoms with Crippen LogP contribution in [-0.4, -0.2) is 77.3 Å². The Balaban J connectivity index is 1.15. The monoisotopic (exact) mass is 558 g/mol. The largest absolute Gasteiger partial charge is 0.502 e. The fraction of sp³-hybridized carbons (Fsp3) is 0.882. The van der Waals surface area contributed by atoms with Crippen molar-refractivity contribution in [2.45, 2.75) is 176 Å². The summed E-state index contributed by atoms with van der Waals surface area (Å²) in [5.41, 5.74) is 6.00. The van der Waals surface area contributed by atoms with Gasteiger partial charge in [-0.3, -0.25) is 0 Å². The van der Waals surface area contributed by atoms with Crippen LogP contribution in [0.15, 0.2) is 22.7 Å². The predicted octanol–water partition coefficient (Wildman–Crippen LogP) is 5.72. The van der Waals surface area contributed by atoms with Crippen LogP contribution in [0.4, 0.5) is 0 Å². The molecule has 41 heavy (non-hydrogen) atoms. The molecule has 0 amide bonds. The lowest BCUT2D eigenvalue weighted by Gasteiger charge is -2.68. The van der Waals surface area contributed by atoms with Gasteiger partial charge in [0, 0.05) is 29.7 Å². The molecule has 0 radical (unpaired) electrons. The summed E-state index contributed by atoms with van der Waals surface area (Å²) in [4.78, 5) is 6.05. The highest BCUT2D eigenvalue weighted by molar-refractivity contribution is 6.75. The minimum Gasteiger partial charge on any atom is -0.502 e. The Bertz CT molecular complexity index is 1120. The minimum absolute atomic E-state index is 0.271. The summed E-state index contributed by atoms with van der Waals surface area (Å²) in [5.74, 6) is 1.60. The topological polar surface area (TPSA) is 43.4 Å². The van der Waals surface area contributed by atoms with Crippen molar-refractivity contribution in [3.05, 3.63) is 22.7 Å². The van der Waals surface area contributed by atoms with E-state index in [1.807, 2.05) is 0 Å². The third kappa shape index (κ3) is 3.04. The molecule has 11 aliphatic rings. The predicted molar refractivity (Wildman–Crippen MR) is 155 cm³/mol. The Labute approximate surface area is 245 Å². The normalized spacial score (nSPS) is 52.3. The molecule has 12 unspecified atom stereocenters. The molecule has 6 nitrogen and oxygen atoms in total. The van der Waals surface area contributed by atoms with E-state index in [1.54, 1.807) is 11.4 Å². The number of ether oxygens (including phenoxy) is 4. The summed E-state index contributed by atoms with van der Waals surface area (Å²) >= 11 is 0. The van der Waals surface area contributed by atoms with Crippen LogP contribution >= 0.6 is 0 Å². The lowest BCUT2D eigenvalue weighted by molar-refractivity contribution is -0.231. The first-order chi connectivity index (χ1) is 20.3. The summed E-state index contributed by atoms with van der Waals surface area (Å²) < 4.78 is 29.1. The van der Waals surface area contributed by atoms with Crippen molar-refractivity contribution >= 4 is 6.71 Å². The zero-order valence-corrected chi connectivity index (χ0v) is 24.6. The van der Waals surface area contributed by atoms with E-state index in [0.29, 0.717) is 66.2 Å². The Morgan fingerprint density at radius 1 is 0.488 bits per heavy atom. The molecule has 6 aliphatic heterocycles. The Kier molecular flexibility index (Phi) is 5.07. The van der Waals surface area contributed by atoms with E-state index < -0.39 is 0 Å². The van der Waals surface area contributed by atoms with E-state index in [1.165, 1.54) is 114 Å². The smallest absolute Gasteiger partial charge is 0.311 e. The zero-order valence-electron chi connectivity index (χ0n) is 24.6. The van der Waals surface area contributed by atoms with Gasteiger partial charge in [-0.05, 0) is 70.0 Å². The molecular weight excluding hydrogens is 511 g/mol. The minimum atomic E-state index is 0.271. The third-order valence-corrected chi connectivity index (χ3v) is 14.1. The van der Waals surface area contributed by atoms with Gasteiger partial charge in [0.15, 0.2) is 0 Å². The van der Waals surface area contributed by atoms with Crippen molar-refractivity contribution in [3.8, 4) is 0 Å². The molecule has 12 atom stereocenters. The molecule has 7 heteroatoms. The van der Waals surface area contributed by atoms with Gasteiger partial charge in [-0.1, -0.05) is 38.5 Å². The third-order valence-electron chi connectivity index (χ3n) is 14.1. The van der Waals surface area contributed by atoms with Crippen LogP contribution < -0.4 is 0 Å². The fourth-order valence-corrected chi connectivity index (χ4v) is 12.8. The molecule has 2 saturated heterocycles. The zero-order chi connectivity index (χ0) is 26.4. The second kappa shape index (κ2) is 8.64. The Morgan fingerprint density at radius 3 is 1.44 bits per heavy atom. The second-order valence-electron chi connectivity index (χ2n) is 15.8. The molecule has 11 rings (SSSR count). The number of hydrogen-bond donors (Lipinski definition) is 0. The average molecular weight is 559 g/mol. The van der Waals surface area contributed by atoms with Crippen LogP contribution in [-0.2, 0) is 18.9 Å². The number of rotatable bonds is 0. The van der Waals surface area contributed by atoms with Gasteiger partial charge in [0.1, 0.15) is 12.2 Å². The summed E-state index contributed by atoms with van der Waals surface area (Å²) in [6, 6.07) is 1.93. The Morgan fingerprint density at radius 2 is 0.927 bits per heavy atom. The summed E-state index contributed by atoms with van der Waals surface area (Å²) in [6.45, 7) is 0.275. The first-order valence-electron chi connectivity index (χ1n) is 18.0. The van der Waals surface area contributed by atoms with Crippen molar-refractivity contribution in [3.63, 3.8) is 0 Å². The van der Waals surface area contributed by atoms with Gasteiger partial charge in [0.05, 0.1) is 59.9 Å². The summed E-state index contributed by atoms with van der Waals surface area (Å²) in [7, 11) is 0. The molecule has 0 aromatic carbocycles. The van der Waals surface area contributed by atoms with Crippen LogP contribution in [0.25, 0.3) is 0 Å². The quantitative estimate of drug-likeness (QED) is 0.355. The first-order valence-corrected chi connectivity index (χ1v) is 18.0. The molecule has 0 N–H and O–H groups in total. The SMILES string of the molecule is C1CCC2C3=C(OC2C1)B1C2=C(C4CCCCC4O2)N2C4CCCCC4OC4CC5OC6CCCCC6N3C5C1C42. The van der Waals surface area contributed by atoms with Gasteiger partial charge < -0.3 is 28.7 Å². The summed E-state index contributed by atoms with van der Waals surface area (Å²) in [6.07, 6.45) is 23.9. The van der Waals surface area contributed by atoms with Crippen LogP contribution in [0.1, 0.15) is 109 Å². The summed E-state index contributed by atoms with van der Waals surface area (Å²) in [5, 5.41) is 0. The molecule has 0 bridgehead atoms. The standard InChI is InChI=1S/C34H47BN2O4/c1-5-13-22-18(9-1)29-33(40-22)35-28-31-26(38-24-15-7-3-11-20(24)36(29)31)17-27-32(28)37(21-12-4-8-16-25(21)39-27)30-19-10-2-6-14-23(19)41-34(30)35/h18-28,31-32H,1-17H2. The maximum absolute atomic E-state index is 7.29. The number of fused-ring (bicyclic) bond motifs is 12. The van der Waals surface area contributed by atoms with Crippen LogP contribution in [0.2, 0.25) is 5.82 Å². The van der Waals surface area contributed by atoms with Gasteiger partial charge in [-0.25, -0.2) is 0 Å². The van der Waals surface area contributed by atoms with E-state index in [2.05, 4.69) is 9.80 Å². The number of hydrogen-bond acceptors (Lipinski definition) is 6. The maximum atomic E-state index is 7.29. The van der Waals surface area contributed by atoms with E-state index in [0.717, 1.165) is 6.42 Å². The first kappa shape index (κ1) is 24.0. The van der Waals surface area contributed by atoms with Crippen LogP contribution in [0, 0.1) is 11.8 Å². The van der Waals surface area contributed by atoms with E-state index in [-0.39, 0.29) is 18.9 Å². The van der Waals surface area contributed by atoms with Crippen molar-refractivity contribution < 1.29 is 18.9 Å². The van der Waals surface area contributed by atoms with E-state index >= 15 is 0 Å². The lowest BCUT2D eigenvalue weighted by Crippen LogP contribution is -2.77. The molecule has 5 saturated carbocycles. The second-order valence-corrected chi connectivity index (χ2v) is 15.8. The van der Waals surface area contributed by atoms with Gasteiger partial charge >= 0.3 is 6.71 Å². The molecule has 0 aromatic heterocycles. The maximum Gasteiger partial charge on any atom is 0.311 e. The van der Waals surface area contributed by atoms with Gasteiger partial charge in [-0.2, -0.15) is 0 Å². The van der Waals surface area contributed by atoms with Crippen molar-refractivity contribution in [2.75, 3.05) is 0 Å². The molecule has 5 aliphatic carbocycles. The molecule has 0 aromatic rings.